The zero-order valence-electron chi connectivity index (χ0n) is 22.5. The third-order valence-electron chi connectivity index (χ3n) is 8.55. The van der Waals surface area contributed by atoms with Gasteiger partial charge in [0.25, 0.3) is 5.91 Å². The van der Waals surface area contributed by atoms with Gasteiger partial charge in [-0.05, 0) is 79.0 Å². The number of nitrogens with two attached hydrogens (primary N) is 1. The second kappa shape index (κ2) is 9.95. The molecule has 9 heteroatoms. The maximum Gasteiger partial charge on any atom is 0.269 e. The zero-order valence-corrected chi connectivity index (χ0v) is 23.3. The average molecular weight is 546 g/mol. The molecule has 8 nitrogen and oxygen atoms in total. The minimum Gasteiger partial charge on any atom is -0.364 e. The van der Waals surface area contributed by atoms with E-state index in [0.29, 0.717) is 24.3 Å². The lowest BCUT2D eigenvalue weighted by molar-refractivity contribution is 0.0995. The first-order chi connectivity index (χ1) is 18.6. The Kier molecular flexibility index (Phi) is 6.59. The number of likely N-dealkylation sites (tertiary alicyclic amines) is 1. The highest BCUT2D eigenvalue weighted by molar-refractivity contribution is 7.90. The van der Waals surface area contributed by atoms with E-state index in [0.717, 1.165) is 41.9 Å². The molecule has 2 aromatic carbocycles. The number of rotatable bonds is 8. The number of benzene rings is 2. The molecule has 1 saturated carbocycles. The third kappa shape index (κ3) is 5.38. The molecule has 2 aliphatic rings. The van der Waals surface area contributed by atoms with Gasteiger partial charge in [-0.2, -0.15) is 5.10 Å². The molecule has 1 aliphatic carbocycles. The number of fused-ring (bicyclic) bond motifs is 2. The number of carbonyl (C=O) groups excluding carboxylic acids is 1. The lowest BCUT2D eigenvalue weighted by atomic mass is 9.95. The van der Waals surface area contributed by atoms with E-state index < -0.39 is 15.7 Å². The molecule has 6 rings (SSSR count). The normalized spacial score (nSPS) is 21.5. The Bertz CT molecular complexity index is 1620. The first-order valence-corrected chi connectivity index (χ1v) is 15.6. The largest absolute Gasteiger partial charge is 0.364 e. The molecule has 1 aliphatic heterocycles. The highest BCUT2D eigenvalue weighted by Gasteiger charge is 2.41. The number of hydrogen-bond acceptors (Lipinski definition) is 5. The van der Waals surface area contributed by atoms with Gasteiger partial charge in [0.1, 0.15) is 9.84 Å². The van der Waals surface area contributed by atoms with E-state index in [1.54, 1.807) is 10.7 Å². The molecule has 2 N–H and O–H groups in total. The first-order valence-electron chi connectivity index (χ1n) is 13.6. The number of amides is 1. The Balaban J connectivity index is 1.10. The van der Waals surface area contributed by atoms with Crippen molar-refractivity contribution < 1.29 is 13.2 Å². The van der Waals surface area contributed by atoms with Crippen molar-refractivity contribution in [3.05, 3.63) is 83.3 Å². The van der Waals surface area contributed by atoms with Crippen molar-refractivity contribution in [1.29, 1.82) is 0 Å². The molecule has 3 heterocycles. The number of aryl methyl sites for hydroxylation is 1. The van der Waals surface area contributed by atoms with Gasteiger partial charge < -0.3 is 15.2 Å². The van der Waals surface area contributed by atoms with Crippen LogP contribution in [0, 0.1) is 18.8 Å². The molecule has 4 aromatic rings. The van der Waals surface area contributed by atoms with Crippen LogP contribution < -0.4 is 5.73 Å². The Morgan fingerprint density at radius 2 is 1.74 bits per heavy atom. The fourth-order valence-corrected chi connectivity index (χ4v) is 7.14. The van der Waals surface area contributed by atoms with Gasteiger partial charge in [0, 0.05) is 55.2 Å². The molecule has 0 unspecified atom stereocenters. The minimum atomic E-state index is -2.90. The third-order valence-corrected chi connectivity index (χ3v) is 9.47. The molecule has 0 bridgehead atoms. The molecule has 3 atom stereocenters. The number of nitrogens with zero attached hydrogens (tertiary/aromatic N) is 4. The van der Waals surface area contributed by atoms with E-state index in [1.807, 2.05) is 13.0 Å². The maximum absolute atomic E-state index is 11.5. The lowest BCUT2D eigenvalue weighted by Gasteiger charge is -2.19. The first kappa shape index (κ1) is 25.8. The van der Waals surface area contributed by atoms with Crippen molar-refractivity contribution in [3.8, 4) is 5.69 Å². The van der Waals surface area contributed by atoms with Crippen LogP contribution in [-0.2, 0) is 16.4 Å². The molecule has 2 fully saturated rings. The number of aromatic nitrogens is 3. The highest BCUT2D eigenvalue weighted by Crippen LogP contribution is 2.46. The Morgan fingerprint density at radius 3 is 2.38 bits per heavy atom. The van der Waals surface area contributed by atoms with Crippen molar-refractivity contribution in [2.45, 2.75) is 32.2 Å². The highest BCUT2D eigenvalue weighted by atomic mass is 32.2. The number of primary amides is 1. The molecule has 39 heavy (non-hydrogen) atoms. The van der Waals surface area contributed by atoms with Crippen LogP contribution in [0.25, 0.3) is 16.6 Å². The van der Waals surface area contributed by atoms with Crippen molar-refractivity contribution >= 4 is 26.6 Å². The van der Waals surface area contributed by atoms with Crippen LogP contribution in [0.2, 0.25) is 0 Å². The van der Waals surface area contributed by atoms with Gasteiger partial charge in [0.05, 0.1) is 11.4 Å². The molecule has 0 spiro atoms. The molecule has 2 aromatic heterocycles. The van der Waals surface area contributed by atoms with Crippen molar-refractivity contribution in [3.63, 3.8) is 0 Å². The second-order valence-corrected chi connectivity index (χ2v) is 13.7. The monoisotopic (exact) mass is 545 g/mol. The Morgan fingerprint density at radius 1 is 1.03 bits per heavy atom. The summed E-state index contributed by atoms with van der Waals surface area (Å²) in [4.78, 5) is 13.9. The van der Waals surface area contributed by atoms with Crippen LogP contribution in [0.3, 0.4) is 0 Å². The summed E-state index contributed by atoms with van der Waals surface area (Å²) in [6.07, 6.45) is 5.83. The van der Waals surface area contributed by atoms with Gasteiger partial charge in [0.15, 0.2) is 5.69 Å². The van der Waals surface area contributed by atoms with E-state index in [9.17, 15) is 13.2 Å². The van der Waals surface area contributed by atoms with Gasteiger partial charge in [-0.15, -0.1) is 0 Å². The smallest absolute Gasteiger partial charge is 0.269 e. The standard InChI is InChI=1S/C30H35N5O3S/c1-20-13-28(30(31)36)32-35(20)27-7-8-29-23(16-27)9-10-34(29)17-21-3-5-22(6-4-21)24-14-25-18-33(19-26(25)15-24)11-12-39(2,37)38/h3-10,13,16,24-26H,11-12,14-15,17-19H2,1-2H3,(H2,31,36)/t24-,25+,26-. The molecule has 0 radical (unpaired) electrons. The summed E-state index contributed by atoms with van der Waals surface area (Å²) in [6, 6.07) is 19.1. The van der Waals surface area contributed by atoms with Crippen LogP contribution in [0.5, 0.6) is 0 Å². The van der Waals surface area contributed by atoms with Crippen molar-refractivity contribution in [2.75, 3.05) is 31.6 Å². The SMILES string of the molecule is Cc1cc(C(N)=O)nn1-c1ccc2c(ccn2Cc2ccc([C@H]3C[C@@H]4CN(CCS(C)(=O)=O)C[C@@H]4C3)cc2)c1. The summed E-state index contributed by atoms with van der Waals surface area (Å²) in [5.74, 6) is 1.69. The van der Waals surface area contributed by atoms with E-state index in [4.69, 9.17) is 5.73 Å². The van der Waals surface area contributed by atoms with Gasteiger partial charge in [-0.25, -0.2) is 13.1 Å². The summed E-state index contributed by atoms with van der Waals surface area (Å²) in [5.41, 5.74) is 11.2. The van der Waals surface area contributed by atoms with Crippen molar-refractivity contribution in [2.24, 2.45) is 17.6 Å². The molecular weight excluding hydrogens is 510 g/mol. The molecule has 1 amide bonds. The molecule has 204 valence electrons. The van der Waals surface area contributed by atoms with E-state index in [-0.39, 0.29) is 11.4 Å². The predicted molar refractivity (Wildman–Crippen MR) is 153 cm³/mol. The fraction of sp³-hybridized carbons (Fsp3) is 0.400. The predicted octanol–water partition coefficient (Wildman–Crippen LogP) is 3.75. The Labute approximate surface area is 229 Å². The summed E-state index contributed by atoms with van der Waals surface area (Å²) in [7, 11) is -2.90. The lowest BCUT2D eigenvalue weighted by Crippen LogP contribution is -2.28. The summed E-state index contributed by atoms with van der Waals surface area (Å²) in [5, 5.41) is 5.47. The van der Waals surface area contributed by atoms with Crippen LogP contribution >= 0.6 is 0 Å². The van der Waals surface area contributed by atoms with Crippen LogP contribution in [0.4, 0.5) is 0 Å². The zero-order chi connectivity index (χ0) is 27.3. The minimum absolute atomic E-state index is 0.261. The van der Waals surface area contributed by atoms with Gasteiger partial charge in [0.2, 0.25) is 0 Å². The Hall–Kier alpha value is -3.43. The van der Waals surface area contributed by atoms with E-state index in [2.05, 4.69) is 63.2 Å². The quantitative estimate of drug-likeness (QED) is 0.363. The molecule has 1 saturated heterocycles. The van der Waals surface area contributed by atoms with Gasteiger partial charge in [-0.3, -0.25) is 4.79 Å². The van der Waals surface area contributed by atoms with Crippen LogP contribution in [0.15, 0.2) is 60.8 Å². The van der Waals surface area contributed by atoms with Gasteiger partial charge in [-0.1, -0.05) is 24.3 Å². The summed E-state index contributed by atoms with van der Waals surface area (Å²) >= 11 is 0. The summed E-state index contributed by atoms with van der Waals surface area (Å²) < 4.78 is 27.0. The topological polar surface area (TPSA) is 103 Å². The van der Waals surface area contributed by atoms with Crippen molar-refractivity contribution in [1.82, 2.24) is 19.2 Å². The number of sulfone groups is 1. The summed E-state index contributed by atoms with van der Waals surface area (Å²) in [6.45, 7) is 5.43. The van der Waals surface area contributed by atoms with Gasteiger partial charge >= 0.3 is 0 Å². The maximum atomic E-state index is 11.5. The van der Waals surface area contributed by atoms with E-state index >= 15 is 0 Å². The number of hydrogen-bond donors (Lipinski definition) is 1. The van der Waals surface area contributed by atoms with Crippen LogP contribution in [-0.4, -0.2) is 65.2 Å². The second-order valence-electron chi connectivity index (χ2n) is 11.5. The van der Waals surface area contributed by atoms with E-state index in [1.165, 1.54) is 30.2 Å². The van der Waals surface area contributed by atoms with Crippen LogP contribution in [0.1, 0.15) is 46.1 Å². The average Bonchev–Trinajstić information content (AvgIpc) is 3.65. The number of carbonyl (C=O) groups is 1. The fourth-order valence-electron chi connectivity index (χ4n) is 6.55. The molecular formula is C30H35N5O3S.